The summed E-state index contributed by atoms with van der Waals surface area (Å²) in [5, 5.41) is 0. The van der Waals surface area contributed by atoms with Crippen LogP contribution in [0.25, 0.3) is 0 Å². The summed E-state index contributed by atoms with van der Waals surface area (Å²) in [6.07, 6.45) is 5.21. The van der Waals surface area contributed by atoms with E-state index in [4.69, 9.17) is 4.74 Å². The zero-order valence-electron chi connectivity index (χ0n) is 15.0. The Kier molecular flexibility index (Phi) is 5.03. The smallest absolute Gasteiger partial charge is 0.243 e. The number of carbonyl (C=O) groups excluding carboxylic acids is 1. The highest BCUT2D eigenvalue weighted by atomic mass is 32.2. The maximum Gasteiger partial charge on any atom is 0.243 e. The Morgan fingerprint density at radius 2 is 1.77 bits per heavy atom. The lowest BCUT2D eigenvalue weighted by molar-refractivity contribution is -0.125. The van der Waals surface area contributed by atoms with Gasteiger partial charge in [0.25, 0.3) is 0 Å². The van der Waals surface area contributed by atoms with Gasteiger partial charge in [0.05, 0.1) is 4.90 Å². The molecular weight excluding hydrogens is 352 g/mol. The van der Waals surface area contributed by atoms with Crippen LogP contribution in [0.2, 0.25) is 0 Å². The van der Waals surface area contributed by atoms with Crippen LogP contribution in [0.3, 0.4) is 0 Å². The van der Waals surface area contributed by atoms with Gasteiger partial charge in [0.2, 0.25) is 15.9 Å². The molecule has 3 aliphatic rings. The highest BCUT2D eigenvalue weighted by Gasteiger charge is 2.33. The van der Waals surface area contributed by atoms with Crippen molar-refractivity contribution >= 4 is 21.6 Å². The Hall–Kier alpha value is -1.44. The third-order valence-corrected chi connectivity index (χ3v) is 7.63. The standard InChI is InChI=1S/C19H26N2O4S/c22-19(15-7-12-25-13-8-15)21-11-6-16-14-17(4-5-18(16)21)26(23,24)20-9-2-1-3-10-20/h4-5,14-15H,1-3,6-13H2. The number of fused-ring (bicyclic) bond motifs is 1. The molecule has 3 heterocycles. The number of hydrogen-bond acceptors (Lipinski definition) is 4. The number of carbonyl (C=O) groups is 1. The second kappa shape index (κ2) is 7.29. The Morgan fingerprint density at radius 3 is 2.50 bits per heavy atom. The van der Waals surface area contributed by atoms with Gasteiger partial charge in [0.15, 0.2) is 0 Å². The van der Waals surface area contributed by atoms with Crippen LogP contribution in [-0.4, -0.2) is 51.5 Å². The van der Waals surface area contributed by atoms with Crippen LogP contribution in [0, 0.1) is 5.92 Å². The first-order valence-electron chi connectivity index (χ1n) is 9.59. The average molecular weight is 378 g/mol. The molecule has 0 saturated carbocycles. The molecule has 6 nitrogen and oxygen atoms in total. The number of amides is 1. The average Bonchev–Trinajstić information content (AvgIpc) is 3.12. The molecule has 0 bridgehead atoms. The Labute approximate surface area is 155 Å². The fraction of sp³-hybridized carbons (Fsp3) is 0.632. The Bertz CT molecular complexity index is 781. The lowest BCUT2D eigenvalue weighted by Crippen LogP contribution is -2.37. The predicted octanol–water partition coefficient (Wildman–Crippen LogP) is 2.18. The molecule has 0 radical (unpaired) electrons. The van der Waals surface area contributed by atoms with Gasteiger partial charge in [-0.1, -0.05) is 6.42 Å². The van der Waals surface area contributed by atoms with E-state index in [1.807, 2.05) is 11.0 Å². The van der Waals surface area contributed by atoms with Crippen LogP contribution in [-0.2, 0) is 26.0 Å². The topological polar surface area (TPSA) is 66.9 Å². The van der Waals surface area contributed by atoms with Gasteiger partial charge in [-0.25, -0.2) is 8.42 Å². The van der Waals surface area contributed by atoms with Crippen molar-refractivity contribution in [3.05, 3.63) is 23.8 Å². The molecule has 0 N–H and O–H groups in total. The van der Waals surface area contributed by atoms with E-state index in [0.29, 0.717) is 44.2 Å². The first-order valence-corrected chi connectivity index (χ1v) is 11.0. The number of anilines is 1. The highest BCUT2D eigenvalue weighted by molar-refractivity contribution is 7.89. The summed E-state index contributed by atoms with van der Waals surface area (Å²) in [5.74, 6) is 0.171. The van der Waals surface area contributed by atoms with Crippen LogP contribution in [0.4, 0.5) is 5.69 Å². The minimum absolute atomic E-state index is 0.0199. The maximum absolute atomic E-state index is 12.9. The first-order chi connectivity index (χ1) is 12.6. The number of ether oxygens (including phenoxy) is 1. The lowest BCUT2D eigenvalue weighted by Gasteiger charge is -2.27. The van der Waals surface area contributed by atoms with Gasteiger partial charge >= 0.3 is 0 Å². The van der Waals surface area contributed by atoms with Gasteiger partial charge in [-0.15, -0.1) is 0 Å². The fourth-order valence-corrected chi connectivity index (χ4v) is 5.76. The molecule has 0 atom stereocenters. The van der Waals surface area contributed by atoms with E-state index in [0.717, 1.165) is 43.4 Å². The number of rotatable bonds is 3. The van der Waals surface area contributed by atoms with Gasteiger partial charge in [-0.05, 0) is 55.9 Å². The first kappa shape index (κ1) is 17.9. The monoisotopic (exact) mass is 378 g/mol. The fourth-order valence-electron chi connectivity index (χ4n) is 4.19. The van der Waals surface area contributed by atoms with Crippen molar-refractivity contribution in [1.82, 2.24) is 4.31 Å². The summed E-state index contributed by atoms with van der Waals surface area (Å²) in [5.41, 5.74) is 1.84. The molecule has 1 aromatic rings. The maximum atomic E-state index is 12.9. The second-order valence-electron chi connectivity index (χ2n) is 7.38. The van der Waals surface area contributed by atoms with Gasteiger partial charge in [-0.2, -0.15) is 4.31 Å². The number of hydrogen-bond donors (Lipinski definition) is 0. The van der Waals surface area contributed by atoms with Crippen molar-refractivity contribution in [3.63, 3.8) is 0 Å². The molecule has 2 fully saturated rings. The van der Waals surface area contributed by atoms with E-state index in [2.05, 4.69) is 0 Å². The highest BCUT2D eigenvalue weighted by Crippen LogP contribution is 2.33. The second-order valence-corrected chi connectivity index (χ2v) is 9.32. The van der Waals surface area contributed by atoms with Crippen molar-refractivity contribution < 1.29 is 17.9 Å². The Balaban J connectivity index is 1.55. The molecule has 1 amide bonds. The summed E-state index contributed by atoms with van der Waals surface area (Å²) in [6, 6.07) is 5.26. The van der Waals surface area contributed by atoms with Crippen molar-refractivity contribution in [2.45, 2.75) is 43.4 Å². The number of piperidine rings is 1. The molecule has 0 aliphatic carbocycles. The number of sulfonamides is 1. The van der Waals surface area contributed by atoms with E-state index in [9.17, 15) is 13.2 Å². The normalized spacial score (nSPS) is 22.4. The van der Waals surface area contributed by atoms with E-state index in [-0.39, 0.29) is 11.8 Å². The van der Waals surface area contributed by atoms with Gasteiger partial charge in [0, 0.05) is 44.5 Å². The van der Waals surface area contributed by atoms with Gasteiger partial charge in [0.1, 0.15) is 0 Å². The minimum atomic E-state index is -3.43. The van der Waals surface area contributed by atoms with Crippen molar-refractivity contribution in [3.8, 4) is 0 Å². The van der Waals surface area contributed by atoms with Crippen LogP contribution < -0.4 is 4.90 Å². The third-order valence-electron chi connectivity index (χ3n) is 5.74. The van der Waals surface area contributed by atoms with Crippen molar-refractivity contribution in [2.75, 3.05) is 37.7 Å². The largest absolute Gasteiger partial charge is 0.381 e. The van der Waals surface area contributed by atoms with Crippen molar-refractivity contribution in [1.29, 1.82) is 0 Å². The molecule has 2 saturated heterocycles. The Morgan fingerprint density at radius 1 is 1.04 bits per heavy atom. The molecule has 0 aromatic heterocycles. The van der Waals surface area contributed by atoms with Crippen LogP contribution in [0.5, 0.6) is 0 Å². The van der Waals surface area contributed by atoms with Gasteiger partial charge in [-0.3, -0.25) is 4.79 Å². The summed E-state index contributed by atoms with van der Waals surface area (Å²) < 4.78 is 32.7. The van der Waals surface area contributed by atoms with E-state index in [1.54, 1.807) is 16.4 Å². The molecule has 0 unspecified atom stereocenters. The molecule has 1 aromatic carbocycles. The summed E-state index contributed by atoms with van der Waals surface area (Å²) in [6.45, 7) is 3.13. The summed E-state index contributed by atoms with van der Waals surface area (Å²) in [7, 11) is -3.43. The van der Waals surface area contributed by atoms with Crippen molar-refractivity contribution in [2.24, 2.45) is 5.92 Å². The molecular formula is C19H26N2O4S. The molecule has 0 spiro atoms. The zero-order chi connectivity index (χ0) is 18.1. The number of nitrogens with zero attached hydrogens (tertiary/aromatic N) is 2. The van der Waals surface area contributed by atoms with Crippen LogP contribution >= 0.6 is 0 Å². The SMILES string of the molecule is O=C(C1CCOCC1)N1CCc2cc(S(=O)(=O)N3CCCCC3)ccc21. The van der Waals surface area contributed by atoms with Crippen LogP contribution in [0.1, 0.15) is 37.7 Å². The molecule has 7 heteroatoms. The number of benzene rings is 1. The third kappa shape index (κ3) is 3.28. The van der Waals surface area contributed by atoms with Crippen LogP contribution in [0.15, 0.2) is 23.1 Å². The quantitative estimate of drug-likeness (QED) is 0.809. The van der Waals surface area contributed by atoms with E-state index >= 15 is 0 Å². The van der Waals surface area contributed by atoms with E-state index in [1.165, 1.54) is 0 Å². The molecule has 142 valence electrons. The summed E-state index contributed by atoms with van der Waals surface area (Å²) >= 11 is 0. The lowest BCUT2D eigenvalue weighted by atomic mass is 9.98. The van der Waals surface area contributed by atoms with Gasteiger partial charge < -0.3 is 9.64 Å². The molecule has 3 aliphatic heterocycles. The minimum Gasteiger partial charge on any atom is -0.381 e. The molecule has 26 heavy (non-hydrogen) atoms. The van der Waals surface area contributed by atoms with E-state index < -0.39 is 10.0 Å². The molecule has 4 rings (SSSR count). The summed E-state index contributed by atoms with van der Waals surface area (Å²) in [4.78, 5) is 15.0. The zero-order valence-corrected chi connectivity index (χ0v) is 15.8. The predicted molar refractivity (Wildman–Crippen MR) is 98.7 cm³/mol.